The first-order valence-corrected chi connectivity index (χ1v) is 9.83. The van der Waals surface area contributed by atoms with E-state index < -0.39 is 0 Å². The number of nitrogens with zero attached hydrogens (tertiary/aromatic N) is 5. The van der Waals surface area contributed by atoms with E-state index in [-0.39, 0.29) is 23.0 Å². The third kappa shape index (κ3) is 3.58. The normalized spacial score (nSPS) is 16.1. The maximum Gasteiger partial charge on any atom is 0.278 e. The fourth-order valence-electron chi connectivity index (χ4n) is 3.62. The van der Waals surface area contributed by atoms with Crippen molar-refractivity contribution >= 4 is 16.9 Å². The molecule has 9 nitrogen and oxygen atoms in total. The number of rotatable bonds is 5. The van der Waals surface area contributed by atoms with Crippen LogP contribution in [-0.4, -0.2) is 56.6 Å². The third-order valence-electron chi connectivity index (χ3n) is 5.17. The highest BCUT2D eigenvalue weighted by Crippen LogP contribution is 2.24. The van der Waals surface area contributed by atoms with Crippen LogP contribution >= 0.6 is 0 Å². The molecule has 1 amide bonds. The summed E-state index contributed by atoms with van der Waals surface area (Å²) in [6, 6.07) is 3.52. The topological polar surface area (TPSA) is 99.4 Å². The van der Waals surface area contributed by atoms with Gasteiger partial charge in [0.2, 0.25) is 5.43 Å². The lowest BCUT2D eigenvalue weighted by atomic mass is 10.1. The number of hydrogen-bond acceptors (Lipinski definition) is 7. The van der Waals surface area contributed by atoms with Crippen LogP contribution in [0.1, 0.15) is 29.4 Å². The molecule has 1 aliphatic heterocycles. The molecule has 3 aromatic rings. The zero-order chi connectivity index (χ0) is 21.3. The van der Waals surface area contributed by atoms with Crippen molar-refractivity contribution in [3.8, 4) is 11.8 Å². The Bertz CT molecular complexity index is 1160. The second-order valence-electron chi connectivity index (χ2n) is 7.13. The van der Waals surface area contributed by atoms with Crippen molar-refractivity contribution in [2.75, 3.05) is 20.2 Å². The van der Waals surface area contributed by atoms with E-state index in [4.69, 9.17) is 9.47 Å². The quantitative estimate of drug-likeness (QED) is 0.634. The van der Waals surface area contributed by atoms with Gasteiger partial charge in [-0.25, -0.2) is 15.0 Å². The van der Waals surface area contributed by atoms with Gasteiger partial charge in [-0.05, 0) is 26.0 Å². The molecule has 4 heterocycles. The van der Waals surface area contributed by atoms with Gasteiger partial charge >= 0.3 is 0 Å². The monoisotopic (exact) mass is 409 g/mol. The minimum atomic E-state index is -0.304. The molecule has 0 N–H and O–H groups in total. The number of likely N-dealkylation sites (tertiary alicyclic amines) is 1. The lowest BCUT2D eigenvalue weighted by Gasteiger charge is -2.18. The van der Waals surface area contributed by atoms with Crippen LogP contribution in [0.3, 0.4) is 0 Å². The number of amides is 1. The number of aromatic nitrogens is 4. The van der Waals surface area contributed by atoms with Gasteiger partial charge in [0.05, 0.1) is 19.0 Å². The summed E-state index contributed by atoms with van der Waals surface area (Å²) < 4.78 is 12.9. The lowest BCUT2D eigenvalue weighted by molar-refractivity contribution is 0.0768. The highest BCUT2D eigenvalue weighted by molar-refractivity contribution is 5.97. The number of carbonyl (C=O) groups is 1. The van der Waals surface area contributed by atoms with Crippen LogP contribution in [0.15, 0.2) is 35.5 Å². The molecular formula is C21H23N5O4. The Balaban J connectivity index is 1.58. The fraction of sp³-hybridized carbons (Fsp3) is 0.381. The molecule has 0 bridgehead atoms. The first-order valence-electron chi connectivity index (χ1n) is 9.83. The zero-order valence-corrected chi connectivity index (χ0v) is 17.2. The van der Waals surface area contributed by atoms with Crippen LogP contribution in [0.25, 0.3) is 11.0 Å². The predicted molar refractivity (Wildman–Crippen MR) is 110 cm³/mol. The maximum absolute atomic E-state index is 13.2. The molecule has 3 aromatic heterocycles. The van der Waals surface area contributed by atoms with Gasteiger partial charge in [0.1, 0.15) is 17.3 Å². The summed E-state index contributed by atoms with van der Waals surface area (Å²) in [6.45, 7) is 5.28. The summed E-state index contributed by atoms with van der Waals surface area (Å²) >= 11 is 0. The minimum absolute atomic E-state index is 0.146. The van der Waals surface area contributed by atoms with Gasteiger partial charge in [0, 0.05) is 43.8 Å². The summed E-state index contributed by atoms with van der Waals surface area (Å²) in [5.41, 5.74) is 1.26. The van der Waals surface area contributed by atoms with Crippen molar-refractivity contribution in [1.82, 2.24) is 24.4 Å². The minimum Gasteiger partial charge on any atom is -0.477 e. The van der Waals surface area contributed by atoms with Crippen LogP contribution in [-0.2, 0) is 6.54 Å². The van der Waals surface area contributed by atoms with Crippen molar-refractivity contribution in [3.63, 3.8) is 0 Å². The van der Waals surface area contributed by atoms with Crippen LogP contribution in [0.5, 0.6) is 11.8 Å². The van der Waals surface area contributed by atoms with Crippen LogP contribution in [0, 0.1) is 6.92 Å². The highest BCUT2D eigenvalue weighted by atomic mass is 16.5. The Labute approximate surface area is 173 Å². The van der Waals surface area contributed by atoms with Gasteiger partial charge < -0.3 is 18.9 Å². The summed E-state index contributed by atoms with van der Waals surface area (Å²) in [5, 5.41) is 0.449. The lowest BCUT2D eigenvalue weighted by Crippen LogP contribution is -2.34. The van der Waals surface area contributed by atoms with E-state index in [1.807, 2.05) is 18.4 Å². The first-order chi connectivity index (χ1) is 14.5. The second-order valence-corrected chi connectivity index (χ2v) is 7.13. The Hall–Kier alpha value is -3.49. The molecule has 30 heavy (non-hydrogen) atoms. The van der Waals surface area contributed by atoms with Crippen molar-refractivity contribution in [2.24, 2.45) is 0 Å². The van der Waals surface area contributed by atoms with E-state index in [1.165, 1.54) is 19.5 Å². The maximum atomic E-state index is 13.2. The highest BCUT2D eigenvalue weighted by Gasteiger charge is 2.31. The molecule has 0 radical (unpaired) electrons. The Morgan fingerprint density at radius 1 is 1.23 bits per heavy atom. The van der Waals surface area contributed by atoms with Crippen LogP contribution < -0.4 is 14.9 Å². The van der Waals surface area contributed by atoms with Gasteiger partial charge in [-0.15, -0.1) is 0 Å². The molecule has 1 unspecified atom stereocenters. The van der Waals surface area contributed by atoms with Crippen molar-refractivity contribution in [3.05, 3.63) is 52.2 Å². The smallest absolute Gasteiger partial charge is 0.278 e. The van der Waals surface area contributed by atoms with E-state index >= 15 is 0 Å². The van der Waals surface area contributed by atoms with E-state index in [9.17, 15) is 9.59 Å². The SMILES string of the molecule is CCn1cc(C(=O)N2CCC(Oc3nccnc3OC)C2)c(=O)c2ccc(C)nc21. The molecule has 4 rings (SSSR count). The number of pyridine rings is 2. The zero-order valence-electron chi connectivity index (χ0n) is 17.2. The number of ether oxygens (including phenoxy) is 2. The summed E-state index contributed by atoms with van der Waals surface area (Å²) in [4.78, 5) is 40.5. The largest absolute Gasteiger partial charge is 0.477 e. The summed E-state index contributed by atoms with van der Waals surface area (Å²) in [7, 11) is 1.50. The average molecular weight is 409 g/mol. The van der Waals surface area contributed by atoms with Gasteiger partial charge in [-0.2, -0.15) is 0 Å². The third-order valence-corrected chi connectivity index (χ3v) is 5.17. The number of aryl methyl sites for hydroxylation is 2. The Morgan fingerprint density at radius 3 is 2.73 bits per heavy atom. The van der Waals surface area contributed by atoms with E-state index in [1.54, 1.807) is 23.2 Å². The number of fused-ring (bicyclic) bond motifs is 1. The number of hydrogen-bond donors (Lipinski definition) is 0. The molecular weight excluding hydrogens is 386 g/mol. The number of methoxy groups -OCH3 is 1. The molecule has 156 valence electrons. The van der Waals surface area contributed by atoms with E-state index in [0.29, 0.717) is 48.8 Å². The molecule has 9 heteroatoms. The van der Waals surface area contributed by atoms with E-state index in [2.05, 4.69) is 15.0 Å². The molecule has 0 spiro atoms. The van der Waals surface area contributed by atoms with E-state index in [0.717, 1.165) is 5.69 Å². The van der Waals surface area contributed by atoms with Crippen molar-refractivity contribution in [2.45, 2.75) is 32.9 Å². The standard InChI is InChI=1S/C21H23N5O4/c1-4-25-12-16(17(27)15-6-5-13(2)24-18(15)25)21(28)26-10-7-14(11-26)30-20-19(29-3)22-8-9-23-20/h5-6,8-9,12,14H,4,7,10-11H2,1-3H3. The molecule has 0 aromatic carbocycles. The average Bonchev–Trinajstić information content (AvgIpc) is 3.22. The van der Waals surface area contributed by atoms with Crippen LogP contribution in [0.4, 0.5) is 0 Å². The number of carbonyl (C=O) groups excluding carboxylic acids is 1. The summed E-state index contributed by atoms with van der Waals surface area (Å²) in [5.74, 6) is 0.284. The second kappa shape index (κ2) is 8.10. The van der Waals surface area contributed by atoms with Gasteiger partial charge in [0.15, 0.2) is 0 Å². The molecule has 0 aliphatic carbocycles. The van der Waals surface area contributed by atoms with Gasteiger partial charge in [0.25, 0.3) is 17.7 Å². The summed E-state index contributed by atoms with van der Waals surface area (Å²) in [6.07, 6.45) is 5.03. The fourth-order valence-corrected chi connectivity index (χ4v) is 3.62. The van der Waals surface area contributed by atoms with Gasteiger partial charge in [-0.1, -0.05) is 0 Å². The molecule has 1 atom stereocenters. The van der Waals surface area contributed by atoms with Crippen molar-refractivity contribution in [1.29, 1.82) is 0 Å². The van der Waals surface area contributed by atoms with Gasteiger partial charge in [-0.3, -0.25) is 9.59 Å². The van der Waals surface area contributed by atoms with Crippen molar-refractivity contribution < 1.29 is 14.3 Å². The predicted octanol–water partition coefficient (Wildman–Crippen LogP) is 1.82. The molecule has 0 saturated carbocycles. The van der Waals surface area contributed by atoms with Crippen LogP contribution in [0.2, 0.25) is 0 Å². The molecule has 1 aliphatic rings. The molecule has 1 saturated heterocycles. The Morgan fingerprint density at radius 2 is 2.00 bits per heavy atom. The first kappa shape index (κ1) is 19.8. The Kier molecular flexibility index (Phi) is 5.35. The molecule has 1 fully saturated rings.